The fourth-order valence-corrected chi connectivity index (χ4v) is 2.52. The molecule has 0 fully saturated rings. The van der Waals surface area contributed by atoms with Crippen LogP contribution in [0.5, 0.6) is 0 Å². The summed E-state index contributed by atoms with van der Waals surface area (Å²) in [7, 11) is 0. The first kappa shape index (κ1) is 25.1. The van der Waals surface area contributed by atoms with Crippen molar-refractivity contribution in [3.05, 3.63) is 34.4 Å². The molecule has 0 amide bonds. The molecule has 1 rings (SSSR count). The molecule has 0 unspecified atom stereocenters. The van der Waals surface area contributed by atoms with E-state index >= 15 is 0 Å². The number of ether oxygens (including phenoxy) is 3. The van der Waals surface area contributed by atoms with Crippen molar-refractivity contribution in [3.63, 3.8) is 0 Å². The van der Waals surface area contributed by atoms with Crippen LogP contribution in [0.1, 0.15) is 101 Å². The molecule has 8 nitrogen and oxygen atoms in total. The van der Waals surface area contributed by atoms with Crippen LogP contribution in [-0.4, -0.2) is 48.8 Å². The highest BCUT2D eigenvalue weighted by Crippen LogP contribution is 2.24. The average Bonchev–Trinajstić information content (AvgIpc) is 2.72. The minimum atomic E-state index is -1.43. The van der Waals surface area contributed by atoms with Crippen LogP contribution in [0, 0.1) is 0 Å². The maximum atomic E-state index is 12.8. The van der Waals surface area contributed by atoms with Crippen molar-refractivity contribution in [2.45, 2.75) is 59.3 Å². The van der Waals surface area contributed by atoms with Crippen molar-refractivity contribution >= 4 is 23.9 Å². The van der Waals surface area contributed by atoms with Crippen LogP contribution in [0.3, 0.4) is 0 Å². The van der Waals surface area contributed by atoms with E-state index in [4.69, 9.17) is 14.2 Å². The van der Waals surface area contributed by atoms with E-state index in [-0.39, 0.29) is 25.4 Å². The van der Waals surface area contributed by atoms with Gasteiger partial charge in [-0.15, -0.1) is 0 Å². The molecule has 0 aliphatic rings. The van der Waals surface area contributed by atoms with Crippen LogP contribution < -0.4 is 0 Å². The van der Waals surface area contributed by atoms with E-state index in [0.29, 0.717) is 19.3 Å². The summed E-state index contributed by atoms with van der Waals surface area (Å²) in [4.78, 5) is 49.7. The number of carboxylic acid groups (broad SMARTS) is 1. The third-order valence-corrected chi connectivity index (χ3v) is 4.26. The van der Waals surface area contributed by atoms with Crippen molar-refractivity contribution < 1.29 is 38.5 Å². The molecule has 0 aromatic heterocycles. The molecule has 166 valence electrons. The lowest BCUT2D eigenvalue weighted by molar-refractivity contribution is 0.0428. The van der Waals surface area contributed by atoms with Crippen molar-refractivity contribution in [1.29, 1.82) is 0 Å². The van der Waals surface area contributed by atoms with Gasteiger partial charge < -0.3 is 19.3 Å². The Kier molecular flexibility index (Phi) is 11.2. The fourth-order valence-electron chi connectivity index (χ4n) is 2.52. The van der Waals surface area contributed by atoms with Gasteiger partial charge in [-0.2, -0.15) is 0 Å². The topological polar surface area (TPSA) is 116 Å². The van der Waals surface area contributed by atoms with E-state index in [9.17, 15) is 24.3 Å². The van der Waals surface area contributed by atoms with Crippen LogP contribution in [0.15, 0.2) is 12.1 Å². The number of benzene rings is 1. The van der Waals surface area contributed by atoms with Crippen molar-refractivity contribution in [2.75, 3.05) is 19.8 Å². The van der Waals surface area contributed by atoms with Crippen LogP contribution in [0.25, 0.3) is 0 Å². The van der Waals surface area contributed by atoms with Gasteiger partial charge in [0.15, 0.2) is 0 Å². The number of carbonyl (C=O) groups excluding carboxylic acids is 3. The van der Waals surface area contributed by atoms with Crippen molar-refractivity contribution in [1.82, 2.24) is 0 Å². The summed E-state index contributed by atoms with van der Waals surface area (Å²) >= 11 is 0. The summed E-state index contributed by atoms with van der Waals surface area (Å²) in [6.45, 7) is 6.00. The van der Waals surface area contributed by atoms with Gasteiger partial charge in [0.1, 0.15) is 0 Å². The standard InChI is InChI=1S/C22H30O8/c1-4-7-12-28-20(25)16-11-10-15(19(23)24)17(21(26)29-13-8-5-2)18(16)22(27)30-14-9-6-3/h10-11H,4-9,12-14H2,1-3H3,(H,23,24). The van der Waals surface area contributed by atoms with Gasteiger partial charge in [-0.25, -0.2) is 19.2 Å². The second kappa shape index (κ2) is 13.3. The second-order valence-electron chi connectivity index (χ2n) is 6.68. The molecule has 0 aliphatic carbocycles. The first-order valence-corrected chi connectivity index (χ1v) is 10.3. The quantitative estimate of drug-likeness (QED) is 0.285. The Morgan fingerprint density at radius 2 is 1.03 bits per heavy atom. The first-order chi connectivity index (χ1) is 14.4. The zero-order chi connectivity index (χ0) is 22.5. The number of hydrogen-bond acceptors (Lipinski definition) is 7. The van der Waals surface area contributed by atoms with E-state index in [1.165, 1.54) is 0 Å². The number of esters is 3. The van der Waals surface area contributed by atoms with E-state index in [1.54, 1.807) is 0 Å². The molecule has 0 atom stereocenters. The monoisotopic (exact) mass is 422 g/mol. The average molecular weight is 422 g/mol. The number of rotatable bonds is 13. The van der Waals surface area contributed by atoms with Gasteiger partial charge in [0.25, 0.3) is 0 Å². The lowest BCUT2D eigenvalue weighted by atomic mass is 9.95. The second-order valence-corrected chi connectivity index (χ2v) is 6.68. The number of hydrogen-bond donors (Lipinski definition) is 1. The Labute approximate surface area is 176 Å². The molecule has 1 aromatic carbocycles. The van der Waals surface area contributed by atoms with Crippen LogP contribution >= 0.6 is 0 Å². The summed E-state index contributed by atoms with van der Waals surface area (Å²) in [5, 5.41) is 9.53. The first-order valence-electron chi connectivity index (χ1n) is 10.3. The molecule has 0 heterocycles. The third kappa shape index (κ3) is 7.17. The maximum absolute atomic E-state index is 12.8. The SMILES string of the molecule is CCCCOC(=O)c1ccc(C(=O)O)c(C(=O)OCCCC)c1C(=O)OCCCC. The van der Waals surface area contributed by atoms with Gasteiger partial charge >= 0.3 is 23.9 Å². The van der Waals surface area contributed by atoms with Crippen molar-refractivity contribution in [3.8, 4) is 0 Å². The normalized spacial score (nSPS) is 10.4. The molecule has 30 heavy (non-hydrogen) atoms. The fraction of sp³-hybridized carbons (Fsp3) is 0.545. The van der Waals surface area contributed by atoms with Gasteiger partial charge in [-0.3, -0.25) is 0 Å². The van der Waals surface area contributed by atoms with E-state index in [2.05, 4.69) is 0 Å². The summed E-state index contributed by atoms with van der Waals surface area (Å²) in [6, 6.07) is 2.26. The Balaban J connectivity index is 3.47. The maximum Gasteiger partial charge on any atom is 0.339 e. The van der Waals surface area contributed by atoms with E-state index < -0.39 is 40.6 Å². The Morgan fingerprint density at radius 1 is 0.667 bits per heavy atom. The van der Waals surface area contributed by atoms with Gasteiger partial charge in [0.2, 0.25) is 0 Å². The molecule has 0 saturated carbocycles. The lowest BCUT2D eigenvalue weighted by Gasteiger charge is -2.15. The van der Waals surface area contributed by atoms with Crippen LogP contribution in [0.2, 0.25) is 0 Å². The van der Waals surface area contributed by atoms with Crippen LogP contribution in [-0.2, 0) is 14.2 Å². The number of aromatic carboxylic acids is 1. The predicted molar refractivity (Wildman–Crippen MR) is 109 cm³/mol. The van der Waals surface area contributed by atoms with Crippen LogP contribution in [0.4, 0.5) is 0 Å². The van der Waals surface area contributed by atoms with Gasteiger partial charge in [0, 0.05) is 0 Å². The molecule has 0 aliphatic heterocycles. The van der Waals surface area contributed by atoms with Gasteiger partial charge in [0.05, 0.1) is 42.1 Å². The van der Waals surface area contributed by atoms with Gasteiger partial charge in [-0.05, 0) is 31.4 Å². The summed E-state index contributed by atoms with van der Waals surface area (Å²) in [5.74, 6) is -4.21. The molecule has 0 radical (unpaired) electrons. The zero-order valence-corrected chi connectivity index (χ0v) is 17.8. The molecular formula is C22H30O8. The third-order valence-electron chi connectivity index (χ3n) is 4.26. The summed E-state index contributed by atoms with van der Waals surface area (Å²) < 4.78 is 15.5. The van der Waals surface area contributed by atoms with Gasteiger partial charge in [-0.1, -0.05) is 40.0 Å². The molecule has 0 bridgehead atoms. The molecular weight excluding hydrogens is 392 g/mol. The highest BCUT2D eigenvalue weighted by molar-refractivity contribution is 6.14. The Bertz CT molecular complexity index is 754. The number of carbonyl (C=O) groups is 4. The van der Waals surface area contributed by atoms with E-state index in [1.807, 2.05) is 20.8 Å². The summed E-state index contributed by atoms with van der Waals surface area (Å²) in [5.41, 5.74) is -1.59. The largest absolute Gasteiger partial charge is 0.478 e. The summed E-state index contributed by atoms with van der Waals surface area (Å²) in [6.07, 6.45) is 4.10. The lowest BCUT2D eigenvalue weighted by Crippen LogP contribution is -2.23. The number of unbranched alkanes of at least 4 members (excludes halogenated alkanes) is 3. The highest BCUT2D eigenvalue weighted by Gasteiger charge is 2.32. The smallest absolute Gasteiger partial charge is 0.339 e. The molecule has 1 aromatic rings. The molecule has 1 N–H and O–H groups in total. The number of carboxylic acids is 1. The molecule has 8 heteroatoms. The minimum Gasteiger partial charge on any atom is -0.478 e. The Hall–Kier alpha value is -2.90. The highest BCUT2D eigenvalue weighted by atomic mass is 16.5. The minimum absolute atomic E-state index is 0.0594. The molecule has 0 saturated heterocycles. The predicted octanol–water partition coefficient (Wildman–Crippen LogP) is 4.26. The Morgan fingerprint density at radius 3 is 1.43 bits per heavy atom. The molecule has 0 spiro atoms. The van der Waals surface area contributed by atoms with E-state index in [0.717, 1.165) is 31.4 Å². The van der Waals surface area contributed by atoms with Crippen molar-refractivity contribution in [2.24, 2.45) is 0 Å². The zero-order valence-electron chi connectivity index (χ0n) is 17.8.